The number of rotatable bonds is 7. The molecule has 1 aromatic rings. The number of halogens is 1. The molecule has 0 spiro atoms. The van der Waals surface area contributed by atoms with Gasteiger partial charge in [-0.1, -0.05) is 19.9 Å². The summed E-state index contributed by atoms with van der Waals surface area (Å²) in [5, 5.41) is 3.28. The van der Waals surface area contributed by atoms with Crippen molar-refractivity contribution in [1.29, 1.82) is 0 Å². The Kier molecular flexibility index (Phi) is 6.99. The first-order chi connectivity index (χ1) is 9.13. The number of ether oxygens (including phenoxy) is 1. The third kappa shape index (κ3) is 6.26. The van der Waals surface area contributed by atoms with E-state index in [4.69, 9.17) is 4.74 Å². The largest absolute Gasteiger partial charge is 0.490 e. The molecule has 1 N–H and O–H groups in total. The number of nitrogens with one attached hydrogen (secondary N) is 1. The molecule has 0 saturated heterocycles. The van der Waals surface area contributed by atoms with Crippen LogP contribution in [0, 0.1) is 23.6 Å². The van der Waals surface area contributed by atoms with E-state index in [0.29, 0.717) is 31.2 Å². The van der Waals surface area contributed by atoms with Gasteiger partial charge in [0.1, 0.15) is 0 Å². The van der Waals surface area contributed by atoms with Crippen LogP contribution in [0.15, 0.2) is 18.2 Å². The predicted octanol–water partition coefficient (Wildman–Crippen LogP) is 3.36. The van der Waals surface area contributed by atoms with Gasteiger partial charge in [0.25, 0.3) is 0 Å². The van der Waals surface area contributed by atoms with Gasteiger partial charge in [-0.15, -0.1) is 11.8 Å². The third-order valence-electron chi connectivity index (χ3n) is 2.54. The van der Waals surface area contributed by atoms with E-state index in [1.165, 1.54) is 6.07 Å². The highest BCUT2D eigenvalue weighted by molar-refractivity contribution is 5.29. The fourth-order valence-corrected chi connectivity index (χ4v) is 1.61. The van der Waals surface area contributed by atoms with Crippen LogP contribution >= 0.6 is 0 Å². The average Bonchev–Trinajstić information content (AvgIpc) is 2.36. The lowest BCUT2D eigenvalue weighted by Crippen LogP contribution is -2.19. The smallest absolute Gasteiger partial charge is 0.165 e. The van der Waals surface area contributed by atoms with Crippen molar-refractivity contribution in [1.82, 2.24) is 5.32 Å². The highest BCUT2D eigenvalue weighted by Crippen LogP contribution is 2.18. The van der Waals surface area contributed by atoms with Crippen LogP contribution in [0.1, 0.15) is 32.8 Å². The molecule has 0 saturated carbocycles. The summed E-state index contributed by atoms with van der Waals surface area (Å²) in [5.74, 6) is 6.23. The molecule has 0 unspecified atom stereocenters. The predicted molar refractivity (Wildman–Crippen MR) is 76.5 cm³/mol. The zero-order valence-corrected chi connectivity index (χ0v) is 11.9. The normalized spacial score (nSPS) is 10.2. The first kappa shape index (κ1) is 15.5. The van der Waals surface area contributed by atoms with Gasteiger partial charge in [0.05, 0.1) is 6.61 Å². The first-order valence-electron chi connectivity index (χ1n) is 6.65. The summed E-state index contributed by atoms with van der Waals surface area (Å²) >= 11 is 0. The molecule has 0 aliphatic carbocycles. The van der Waals surface area contributed by atoms with Crippen LogP contribution < -0.4 is 10.1 Å². The molecule has 1 rings (SSSR count). The van der Waals surface area contributed by atoms with Gasteiger partial charge in [0, 0.05) is 13.0 Å². The molecule has 19 heavy (non-hydrogen) atoms. The van der Waals surface area contributed by atoms with Gasteiger partial charge in [-0.05, 0) is 37.1 Å². The van der Waals surface area contributed by atoms with E-state index >= 15 is 0 Å². The molecule has 0 amide bonds. The second-order valence-corrected chi connectivity index (χ2v) is 4.81. The minimum absolute atomic E-state index is 0.297. The van der Waals surface area contributed by atoms with Crippen molar-refractivity contribution in [2.45, 2.75) is 33.7 Å². The Labute approximate surface area is 115 Å². The van der Waals surface area contributed by atoms with Gasteiger partial charge < -0.3 is 10.1 Å². The third-order valence-corrected chi connectivity index (χ3v) is 2.54. The van der Waals surface area contributed by atoms with E-state index in [9.17, 15) is 4.39 Å². The quantitative estimate of drug-likeness (QED) is 0.601. The zero-order valence-electron chi connectivity index (χ0n) is 11.9. The summed E-state index contributed by atoms with van der Waals surface area (Å²) in [4.78, 5) is 0. The fraction of sp³-hybridized carbons (Fsp3) is 0.500. The molecular formula is C16H22FNO. The molecular weight excluding hydrogens is 241 g/mol. The molecule has 0 atom stereocenters. The Hall–Kier alpha value is -1.53. The summed E-state index contributed by atoms with van der Waals surface area (Å²) in [5.41, 5.74) is 0.929. The van der Waals surface area contributed by atoms with Gasteiger partial charge in [0.2, 0.25) is 0 Å². The van der Waals surface area contributed by atoms with Crippen molar-refractivity contribution < 1.29 is 9.13 Å². The Bertz CT molecular complexity index is 446. The van der Waals surface area contributed by atoms with Gasteiger partial charge >= 0.3 is 0 Å². The van der Waals surface area contributed by atoms with E-state index in [1.54, 1.807) is 13.0 Å². The van der Waals surface area contributed by atoms with Crippen molar-refractivity contribution in [2.75, 3.05) is 13.2 Å². The van der Waals surface area contributed by atoms with Gasteiger partial charge in [-0.2, -0.15) is 0 Å². The Morgan fingerprint density at radius 3 is 2.79 bits per heavy atom. The Balaban J connectivity index is 2.46. The number of hydrogen-bond acceptors (Lipinski definition) is 2. The highest BCUT2D eigenvalue weighted by Gasteiger charge is 2.04. The Morgan fingerprint density at radius 2 is 2.16 bits per heavy atom. The van der Waals surface area contributed by atoms with Crippen LogP contribution in [0.2, 0.25) is 0 Å². The molecule has 3 heteroatoms. The van der Waals surface area contributed by atoms with Crippen LogP contribution in [0.25, 0.3) is 0 Å². The maximum atomic E-state index is 13.8. The lowest BCUT2D eigenvalue weighted by atomic mass is 10.2. The fourth-order valence-electron chi connectivity index (χ4n) is 1.61. The van der Waals surface area contributed by atoms with Crippen molar-refractivity contribution in [3.8, 4) is 17.6 Å². The van der Waals surface area contributed by atoms with Crippen molar-refractivity contribution in [3.63, 3.8) is 0 Å². The first-order valence-corrected chi connectivity index (χ1v) is 6.65. The van der Waals surface area contributed by atoms with Crippen LogP contribution in [-0.2, 0) is 6.54 Å². The van der Waals surface area contributed by atoms with Gasteiger partial charge in [0.15, 0.2) is 11.6 Å². The SMILES string of the molecule is CC#CCCOc1ccc(CNCC(C)C)cc1F. The highest BCUT2D eigenvalue weighted by atomic mass is 19.1. The van der Waals surface area contributed by atoms with Crippen LogP contribution in [0.4, 0.5) is 4.39 Å². The molecule has 0 aliphatic rings. The summed E-state index contributed by atoms with van der Waals surface area (Å²) < 4.78 is 19.1. The number of benzene rings is 1. The van der Waals surface area contributed by atoms with Crippen molar-refractivity contribution in [3.05, 3.63) is 29.6 Å². The van der Waals surface area contributed by atoms with Crippen molar-refractivity contribution in [2.24, 2.45) is 5.92 Å². The monoisotopic (exact) mass is 263 g/mol. The molecule has 2 nitrogen and oxygen atoms in total. The van der Waals surface area contributed by atoms with Gasteiger partial charge in [-0.3, -0.25) is 0 Å². The van der Waals surface area contributed by atoms with E-state index in [-0.39, 0.29) is 5.82 Å². The molecule has 0 aliphatic heterocycles. The molecule has 0 bridgehead atoms. The zero-order chi connectivity index (χ0) is 14.1. The lowest BCUT2D eigenvalue weighted by Gasteiger charge is -2.09. The summed E-state index contributed by atoms with van der Waals surface area (Å²) in [6.07, 6.45) is 0.619. The van der Waals surface area contributed by atoms with E-state index < -0.39 is 0 Å². The summed E-state index contributed by atoms with van der Waals surface area (Å²) in [6, 6.07) is 5.09. The average molecular weight is 263 g/mol. The summed E-state index contributed by atoms with van der Waals surface area (Å²) in [7, 11) is 0. The maximum Gasteiger partial charge on any atom is 0.165 e. The van der Waals surface area contributed by atoms with E-state index in [2.05, 4.69) is 31.0 Å². The molecule has 0 radical (unpaired) electrons. The van der Waals surface area contributed by atoms with Crippen LogP contribution in [0.5, 0.6) is 5.75 Å². The van der Waals surface area contributed by atoms with Crippen LogP contribution in [0.3, 0.4) is 0 Å². The second-order valence-electron chi connectivity index (χ2n) is 4.81. The standard InChI is InChI=1S/C16H22FNO/c1-4-5-6-9-19-16-8-7-14(10-15(16)17)12-18-11-13(2)3/h7-8,10,13,18H,6,9,11-12H2,1-3H3. The lowest BCUT2D eigenvalue weighted by molar-refractivity contribution is 0.309. The number of hydrogen-bond donors (Lipinski definition) is 1. The minimum atomic E-state index is -0.312. The summed E-state index contributed by atoms with van der Waals surface area (Å²) in [6.45, 7) is 8.09. The molecule has 104 valence electrons. The van der Waals surface area contributed by atoms with Crippen molar-refractivity contribution >= 4 is 0 Å². The maximum absolute atomic E-state index is 13.8. The van der Waals surface area contributed by atoms with Gasteiger partial charge in [-0.25, -0.2) is 4.39 Å². The molecule has 0 fully saturated rings. The second kappa shape index (κ2) is 8.55. The van der Waals surface area contributed by atoms with E-state index in [0.717, 1.165) is 12.1 Å². The molecule has 1 aromatic carbocycles. The molecule has 0 heterocycles. The van der Waals surface area contributed by atoms with E-state index in [1.807, 2.05) is 6.07 Å². The van der Waals surface area contributed by atoms with Crippen LogP contribution in [-0.4, -0.2) is 13.2 Å². The topological polar surface area (TPSA) is 21.3 Å². The molecule has 0 aromatic heterocycles. The Morgan fingerprint density at radius 1 is 1.37 bits per heavy atom. The minimum Gasteiger partial charge on any atom is -0.490 e.